The summed E-state index contributed by atoms with van der Waals surface area (Å²) in [6, 6.07) is 14.4. The maximum Gasteiger partial charge on any atom is 0.226 e. The van der Waals surface area contributed by atoms with E-state index in [-0.39, 0.29) is 5.91 Å². The van der Waals surface area contributed by atoms with E-state index in [4.69, 9.17) is 0 Å². The van der Waals surface area contributed by atoms with Gasteiger partial charge in [0, 0.05) is 17.9 Å². The molecule has 2 aromatic carbocycles. The highest BCUT2D eigenvalue weighted by Gasteiger charge is 2.13. The molecule has 0 fully saturated rings. The molecule has 0 radical (unpaired) electrons. The molecule has 2 aromatic rings. The molecule has 0 spiro atoms. The van der Waals surface area contributed by atoms with Gasteiger partial charge in [0.05, 0.1) is 11.4 Å². The van der Waals surface area contributed by atoms with Crippen LogP contribution >= 0.6 is 11.8 Å². The molecular weight excluding hydrogens is 292 g/mol. The third-order valence-electron chi connectivity index (χ3n) is 3.57. The zero-order chi connectivity index (χ0) is 15.4. The number of rotatable bonds is 3. The fourth-order valence-corrected chi connectivity index (χ4v) is 2.92. The molecule has 0 saturated heterocycles. The fourth-order valence-electron chi connectivity index (χ4n) is 2.46. The van der Waals surface area contributed by atoms with Gasteiger partial charge >= 0.3 is 0 Å². The van der Waals surface area contributed by atoms with Crippen molar-refractivity contribution in [3.05, 3.63) is 53.6 Å². The van der Waals surface area contributed by atoms with Gasteiger partial charge in [-0.05, 0) is 35.6 Å². The lowest BCUT2D eigenvalue weighted by atomic mass is 10.1. The number of nitrogens with one attached hydrogen (secondary N) is 2. The van der Waals surface area contributed by atoms with Crippen LogP contribution < -0.4 is 10.6 Å². The number of carbonyl (C=O) groups is 1. The number of amides is 1. The molecule has 4 heteroatoms. The van der Waals surface area contributed by atoms with Gasteiger partial charge in [0.2, 0.25) is 5.91 Å². The van der Waals surface area contributed by atoms with Crippen molar-refractivity contribution in [1.29, 1.82) is 0 Å². The quantitative estimate of drug-likeness (QED) is 0.655. The fraction of sp³-hybridized carbons (Fsp3) is 0.167. The van der Waals surface area contributed by atoms with E-state index >= 15 is 0 Å². The zero-order valence-corrected chi connectivity index (χ0v) is 13.2. The van der Waals surface area contributed by atoms with Gasteiger partial charge in [-0.1, -0.05) is 36.4 Å². The Labute approximate surface area is 134 Å². The molecule has 0 bridgehead atoms. The molecule has 0 unspecified atom stereocenters. The summed E-state index contributed by atoms with van der Waals surface area (Å²) in [5, 5.41) is 6.28. The number of hydrogen-bond acceptors (Lipinski definition) is 3. The van der Waals surface area contributed by atoms with E-state index in [1.807, 2.05) is 12.1 Å². The third kappa shape index (κ3) is 3.34. The zero-order valence-electron chi connectivity index (χ0n) is 12.4. The largest absolute Gasteiger partial charge is 0.382 e. The van der Waals surface area contributed by atoms with Crippen molar-refractivity contribution in [1.82, 2.24) is 0 Å². The SMILES string of the molecule is CSc1cccc(/C=C/c2cccc3c2NCCC(=O)N3)c1. The average molecular weight is 310 g/mol. The molecule has 1 aliphatic rings. The molecule has 3 nitrogen and oxygen atoms in total. The number of benzene rings is 2. The Morgan fingerprint density at radius 3 is 2.86 bits per heavy atom. The maximum absolute atomic E-state index is 11.6. The Kier molecular flexibility index (Phi) is 4.49. The molecule has 1 aliphatic heterocycles. The Bertz CT molecular complexity index is 725. The molecule has 0 aromatic heterocycles. The van der Waals surface area contributed by atoms with Crippen molar-refractivity contribution in [2.24, 2.45) is 0 Å². The van der Waals surface area contributed by atoms with Crippen LogP contribution in [0.5, 0.6) is 0 Å². The van der Waals surface area contributed by atoms with Gasteiger partial charge in [0.15, 0.2) is 0 Å². The number of thioether (sulfide) groups is 1. The van der Waals surface area contributed by atoms with Gasteiger partial charge in [0.1, 0.15) is 0 Å². The second kappa shape index (κ2) is 6.71. The highest BCUT2D eigenvalue weighted by molar-refractivity contribution is 7.98. The molecule has 22 heavy (non-hydrogen) atoms. The van der Waals surface area contributed by atoms with Gasteiger partial charge in [-0.25, -0.2) is 0 Å². The lowest BCUT2D eigenvalue weighted by molar-refractivity contribution is -0.115. The topological polar surface area (TPSA) is 41.1 Å². The molecular formula is C18H18N2OS. The first-order chi connectivity index (χ1) is 10.8. The van der Waals surface area contributed by atoms with E-state index in [9.17, 15) is 4.79 Å². The van der Waals surface area contributed by atoms with Crippen molar-refractivity contribution >= 4 is 41.2 Å². The van der Waals surface area contributed by atoms with Crippen molar-refractivity contribution in [2.75, 3.05) is 23.4 Å². The van der Waals surface area contributed by atoms with E-state index in [1.165, 1.54) is 10.5 Å². The normalized spacial score (nSPS) is 14.1. The molecule has 2 N–H and O–H groups in total. The van der Waals surface area contributed by atoms with Crippen LogP contribution in [0.25, 0.3) is 12.2 Å². The van der Waals surface area contributed by atoms with E-state index in [0.717, 1.165) is 16.9 Å². The van der Waals surface area contributed by atoms with Gasteiger partial charge in [-0.15, -0.1) is 11.8 Å². The van der Waals surface area contributed by atoms with Crippen molar-refractivity contribution in [3.63, 3.8) is 0 Å². The maximum atomic E-state index is 11.6. The first-order valence-electron chi connectivity index (χ1n) is 7.25. The number of carbonyl (C=O) groups excluding carboxylic acids is 1. The number of fused-ring (bicyclic) bond motifs is 1. The summed E-state index contributed by atoms with van der Waals surface area (Å²) in [6.45, 7) is 0.658. The monoisotopic (exact) mass is 310 g/mol. The van der Waals surface area contributed by atoms with Gasteiger partial charge < -0.3 is 10.6 Å². The molecule has 0 atom stereocenters. The van der Waals surface area contributed by atoms with E-state index in [2.05, 4.69) is 59.4 Å². The molecule has 3 rings (SSSR count). The number of anilines is 2. The minimum absolute atomic E-state index is 0.0556. The first kappa shape index (κ1) is 14.7. The molecule has 1 amide bonds. The molecule has 112 valence electrons. The van der Waals surface area contributed by atoms with Crippen LogP contribution in [-0.2, 0) is 4.79 Å². The van der Waals surface area contributed by atoms with Crippen LogP contribution in [0.1, 0.15) is 17.5 Å². The number of para-hydroxylation sites is 1. The summed E-state index contributed by atoms with van der Waals surface area (Å²) in [4.78, 5) is 12.9. The summed E-state index contributed by atoms with van der Waals surface area (Å²) < 4.78 is 0. The van der Waals surface area contributed by atoms with Crippen LogP contribution in [0.3, 0.4) is 0 Å². The molecule has 1 heterocycles. The first-order valence-corrected chi connectivity index (χ1v) is 8.47. The summed E-state index contributed by atoms with van der Waals surface area (Å²) in [5.41, 5.74) is 4.09. The van der Waals surface area contributed by atoms with Crippen LogP contribution in [0, 0.1) is 0 Å². The summed E-state index contributed by atoms with van der Waals surface area (Å²) >= 11 is 1.74. The highest BCUT2D eigenvalue weighted by atomic mass is 32.2. The van der Waals surface area contributed by atoms with Crippen molar-refractivity contribution in [3.8, 4) is 0 Å². The standard InChI is InChI=1S/C18H18N2OS/c1-22-15-6-2-4-13(12-15)8-9-14-5-3-7-16-18(14)19-11-10-17(21)20-16/h2-9,12,19H,10-11H2,1H3,(H,20,21)/b9-8+. The predicted molar refractivity (Wildman–Crippen MR) is 95.3 cm³/mol. The van der Waals surface area contributed by atoms with Crippen molar-refractivity contribution < 1.29 is 4.79 Å². The Morgan fingerprint density at radius 1 is 1.14 bits per heavy atom. The van der Waals surface area contributed by atoms with Crippen LogP contribution in [-0.4, -0.2) is 18.7 Å². The van der Waals surface area contributed by atoms with Crippen molar-refractivity contribution in [2.45, 2.75) is 11.3 Å². The summed E-state index contributed by atoms with van der Waals surface area (Å²) in [5.74, 6) is 0.0556. The Hall–Kier alpha value is -2.20. The Balaban J connectivity index is 1.90. The van der Waals surface area contributed by atoms with Crippen LogP contribution in [0.4, 0.5) is 11.4 Å². The average Bonchev–Trinajstić information content (AvgIpc) is 2.74. The minimum atomic E-state index is 0.0556. The lowest BCUT2D eigenvalue weighted by Crippen LogP contribution is -2.10. The second-order valence-corrected chi connectivity index (χ2v) is 5.98. The van der Waals surface area contributed by atoms with E-state index in [0.29, 0.717) is 13.0 Å². The summed E-state index contributed by atoms with van der Waals surface area (Å²) in [6.07, 6.45) is 6.76. The van der Waals surface area contributed by atoms with Gasteiger partial charge in [-0.2, -0.15) is 0 Å². The lowest BCUT2D eigenvalue weighted by Gasteiger charge is -2.11. The Morgan fingerprint density at radius 2 is 2.00 bits per heavy atom. The smallest absolute Gasteiger partial charge is 0.226 e. The second-order valence-electron chi connectivity index (χ2n) is 5.10. The number of hydrogen-bond donors (Lipinski definition) is 2. The van der Waals surface area contributed by atoms with Crippen LogP contribution in [0.15, 0.2) is 47.4 Å². The van der Waals surface area contributed by atoms with E-state index in [1.54, 1.807) is 11.8 Å². The van der Waals surface area contributed by atoms with Crippen LogP contribution in [0.2, 0.25) is 0 Å². The summed E-state index contributed by atoms with van der Waals surface area (Å²) in [7, 11) is 0. The predicted octanol–water partition coefficient (Wildman–Crippen LogP) is 4.33. The highest BCUT2D eigenvalue weighted by Crippen LogP contribution is 2.29. The van der Waals surface area contributed by atoms with Gasteiger partial charge in [0.25, 0.3) is 0 Å². The van der Waals surface area contributed by atoms with E-state index < -0.39 is 0 Å². The minimum Gasteiger partial charge on any atom is -0.382 e. The molecule has 0 saturated carbocycles. The van der Waals surface area contributed by atoms with Gasteiger partial charge in [-0.3, -0.25) is 4.79 Å². The molecule has 0 aliphatic carbocycles. The third-order valence-corrected chi connectivity index (χ3v) is 4.30.